The van der Waals surface area contributed by atoms with Crippen LogP contribution in [-0.4, -0.2) is 77.2 Å². The van der Waals surface area contributed by atoms with Crippen LogP contribution in [0.25, 0.3) is 11.3 Å². The molecule has 1 aliphatic heterocycles. The molecular weight excluding hydrogens is 404 g/mol. The van der Waals surface area contributed by atoms with E-state index in [-0.39, 0.29) is 24.5 Å². The maximum Gasteiger partial charge on any atom is 0.318 e. The van der Waals surface area contributed by atoms with Crippen molar-refractivity contribution in [2.75, 3.05) is 44.2 Å². The summed E-state index contributed by atoms with van der Waals surface area (Å²) in [5.41, 5.74) is 3.10. The molecule has 0 radical (unpaired) electrons. The lowest BCUT2D eigenvalue weighted by atomic mass is 10.1. The van der Waals surface area contributed by atoms with Gasteiger partial charge < -0.3 is 20.0 Å². The monoisotopic (exact) mass is 438 g/mol. The van der Waals surface area contributed by atoms with Crippen LogP contribution in [-0.2, 0) is 4.79 Å². The molecule has 172 valence electrons. The number of piperazine rings is 1. The number of rotatable bonds is 7. The molecule has 0 bridgehead atoms. The van der Waals surface area contributed by atoms with E-state index < -0.39 is 0 Å². The molecule has 2 heterocycles. The Balaban J connectivity index is 1.56. The van der Waals surface area contributed by atoms with Crippen molar-refractivity contribution in [2.45, 2.75) is 40.2 Å². The Bertz CT molecular complexity index is 892. The van der Waals surface area contributed by atoms with Crippen molar-refractivity contribution in [1.29, 1.82) is 0 Å². The first-order valence-corrected chi connectivity index (χ1v) is 11.4. The molecule has 1 atom stereocenters. The minimum Gasteiger partial charge on any atom is -0.352 e. The first-order valence-electron chi connectivity index (χ1n) is 11.4. The second-order valence-electron chi connectivity index (χ2n) is 8.23. The lowest BCUT2D eigenvalue weighted by Crippen LogP contribution is -2.54. The Hall–Kier alpha value is -3.16. The Kier molecular flexibility index (Phi) is 8.03. The molecule has 0 spiro atoms. The van der Waals surface area contributed by atoms with E-state index in [1.807, 2.05) is 49.9 Å². The summed E-state index contributed by atoms with van der Waals surface area (Å²) in [6.45, 7) is 11.2. The third-order valence-corrected chi connectivity index (χ3v) is 5.97. The zero-order chi connectivity index (χ0) is 23.1. The fraction of sp³-hybridized carbons (Fsp3) is 0.500. The average Bonchev–Trinajstić information content (AvgIpc) is 2.82. The highest BCUT2D eigenvalue weighted by Crippen LogP contribution is 2.20. The number of carbonyl (C=O) groups is 2. The smallest absolute Gasteiger partial charge is 0.318 e. The first kappa shape index (κ1) is 23.5. The minimum absolute atomic E-state index is 0.00843. The third-order valence-electron chi connectivity index (χ3n) is 5.97. The summed E-state index contributed by atoms with van der Waals surface area (Å²) in [5.74, 6) is 0.800. The van der Waals surface area contributed by atoms with Crippen molar-refractivity contribution in [1.82, 2.24) is 25.3 Å². The highest BCUT2D eigenvalue weighted by Gasteiger charge is 2.27. The molecule has 8 nitrogen and oxygen atoms in total. The van der Waals surface area contributed by atoms with E-state index in [4.69, 9.17) is 0 Å². The van der Waals surface area contributed by atoms with Crippen LogP contribution in [0.2, 0.25) is 0 Å². The van der Waals surface area contributed by atoms with Gasteiger partial charge in [-0.15, -0.1) is 10.2 Å². The second kappa shape index (κ2) is 10.9. The highest BCUT2D eigenvalue weighted by molar-refractivity contribution is 5.84. The molecule has 32 heavy (non-hydrogen) atoms. The molecule has 3 amide bonds. The Morgan fingerprint density at radius 3 is 2.28 bits per heavy atom. The molecule has 2 aromatic rings. The number of aryl methyl sites for hydroxylation is 1. The van der Waals surface area contributed by atoms with Crippen molar-refractivity contribution in [3.63, 3.8) is 0 Å². The van der Waals surface area contributed by atoms with E-state index in [2.05, 4.69) is 39.5 Å². The number of amides is 3. The fourth-order valence-corrected chi connectivity index (χ4v) is 3.70. The van der Waals surface area contributed by atoms with Gasteiger partial charge in [-0.1, -0.05) is 36.8 Å². The number of urea groups is 1. The van der Waals surface area contributed by atoms with Crippen LogP contribution in [0.1, 0.15) is 32.8 Å². The summed E-state index contributed by atoms with van der Waals surface area (Å²) < 4.78 is 0. The van der Waals surface area contributed by atoms with Gasteiger partial charge >= 0.3 is 6.03 Å². The van der Waals surface area contributed by atoms with Crippen molar-refractivity contribution >= 4 is 17.8 Å². The predicted molar refractivity (Wildman–Crippen MR) is 127 cm³/mol. The van der Waals surface area contributed by atoms with Gasteiger partial charge in [0.2, 0.25) is 5.91 Å². The number of aromatic nitrogens is 2. The van der Waals surface area contributed by atoms with E-state index in [0.717, 1.165) is 23.5 Å². The van der Waals surface area contributed by atoms with Crippen molar-refractivity contribution in [3.8, 4) is 11.3 Å². The quantitative estimate of drug-likeness (QED) is 0.719. The van der Waals surface area contributed by atoms with Crippen molar-refractivity contribution in [3.05, 3.63) is 42.0 Å². The summed E-state index contributed by atoms with van der Waals surface area (Å²) in [5, 5.41) is 11.6. The van der Waals surface area contributed by atoms with Crippen LogP contribution in [0.4, 0.5) is 10.6 Å². The fourth-order valence-electron chi connectivity index (χ4n) is 3.70. The molecule has 8 heteroatoms. The zero-order valence-electron chi connectivity index (χ0n) is 19.5. The predicted octanol–water partition coefficient (Wildman–Crippen LogP) is 2.93. The molecule has 1 saturated heterocycles. The molecule has 0 aliphatic carbocycles. The summed E-state index contributed by atoms with van der Waals surface area (Å²) in [7, 11) is 0. The third kappa shape index (κ3) is 5.75. The molecule has 1 aliphatic rings. The van der Waals surface area contributed by atoms with Crippen molar-refractivity contribution in [2.24, 2.45) is 0 Å². The van der Waals surface area contributed by atoms with Gasteiger partial charge in [0.05, 0.1) is 5.69 Å². The number of benzene rings is 1. The van der Waals surface area contributed by atoms with Gasteiger partial charge in [-0.05, 0) is 39.3 Å². The maximum atomic E-state index is 12.9. The first-order chi connectivity index (χ1) is 15.4. The lowest BCUT2D eigenvalue weighted by Gasteiger charge is -2.37. The minimum atomic E-state index is -0.183. The van der Waals surface area contributed by atoms with E-state index in [9.17, 15) is 9.59 Å². The molecule has 0 saturated carbocycles. The molecule has 1 N–H and O–H groups in total. The summed E-state index contributed by atoms with van der Waals surface area (Å²) in [6.07, 6.45) is 0.801. The SMILES string of the molecule is CCNC(=O)N(CC(=O)N1CCN(c2ccc(-c3ccc(C)cc3)nn2)CC1)[C@@H](C)CC. The number of nitrogens with zero attached hydrogens (tertiary/aromatic N) is 5. The highest BCUT2D eigenvalue weighted by atomic mass is 16.2. The van der Waals surface area contributed by atoms with Gasteiger partial charge in [0, 0.05) is 44.3 Å². The number of hydrogen-bond donors (Lipinski definition) is 1. The lowest BCUT2D eigenvalue weighted by molar-refractivity contribution is -0.132. The van der Waals surface area contributed by atoms with Gasteiger partial charge in [0.25, 0.3) is 0 Å². The Labute approximate surface area is 190 Å². The van der Waals surface area contributed by atoms with E-state index >= 15 is 0 Å². The molecule has 0 unspecified atom stereocenters. The number of hydrogen-bond acceptors (Lipinski definition) is 5. The summed E-state index contributed by atoms with van der Waals surface area (Å²) in [6, 6.07) is 12.0. The van der Waals surface area contributed by atoms with E-state index in [1.54, 1.807) is 4.90 Å². The van der Waals surface area contributed by atoms with Crippen LogP contribution >= 0.6 is 0 Å². The number of anilines is 1. The Morgan fingerprint density at radius 1 is 1.03 bits per heavy atom. The molecule has 3 rings (SSSR count). The molecule has 1 aromatic heterocycles. The average molecular weight is 439 g/mol. The zero-order valence-corrected chi connectivity index (χ0v) is 19.5. The summed E-state index contributed by atoms with van der Waals surface area (Å²) >= 11 is 0. The number of nitrogens with one attached hydrogen (secondary N) is 1. The van der Waals surface area contributed by atoms with Crippen LogP contribution in [0.15, 0.2) is 36.4 Å². The Morgan fingerprint density at radius 2 is 1.72 bits per heavy atom. The van der Waals surface area contributed by atoms with Crippen molar-refractivity contribution < 1.29 is 9.59 Å². The van der Waals surface area contributed by atoms with E-state index in [0.29, 0.717) is 32.7 Å². The van der Waals surface area contributed by atoms with Crippen LogP contribution in [0.3, 0.4) is 0 Å². The van der Waals surface area contributed by atoms with Crippen LogP contribution in [0.5, 0.6) is 0 Å². The van der Waals surface area contributed by atoms with Crippen LogP contribution < -0.4 is 10.2 Å². The normalized spacial score (nSPS) is 14.8. The molecule has 1 aromatic carbocycles. The number of carbonyl (C=O) groups excluding carboxylic acids is 2. The molecule has 1 fully saturated rings. The maximum absolute atomic E-state index is 12.9. The largest absolute Gasteiger partial charge is 0.352 e. The van der Waals surface area contributed by atoms with E-state index in [1.165, 1.54) is 5.56 Å². The van der Waals surface area contributed by atoms with Gasteiger partial charge in [0.1, 0.15) is 6.54 Å². The van der Waals surface area contributed by atoms with Crippen LogP contribution in [0, 0.1) is 6.92 Å². The van der Waals surface area contributed by atoms with Gasteiger partial charge in [-0.2, -0.15) is 0 Å². The van der Waals surface area contributed by atoms with Gasteiger partial charge in [-0.25, -0.2) is 4.79 Å². The second-order valence-corrected chi connectivity index (χ2v) is 8.23. The summed E-state index contributed by atoms with van der Waals surface area (Å²) in [4.78, 5) is 30.8. The van der Waals surface area contributed by atoms with Gasteiger partial charge in [-0.3, -0.25) is 4.79 Å². The topological polar surface area (TPSA) is 81.7 Å². The molecular formula is C24H34N6O2. The van der Waals surface area contributed by atoms with Gasteiger partial charge in [0.15, 0.2) is 5.82 Å². The standard InChI is InChI=1S/C24H34N6O2/c1-5-19(4)30(24(32)25-6-2)17-23(31)29-15-13-28(14-16-29)22-12-11-21(26-27-22)20-9-7-18(3)8-10-20/h7-12,19H,5-6,13-17H2,1-4H3,(H,25,32)/t19-/m0/s1.